The Kier molecular flexibility index (Phi) is 2.93. The molecule has 1 aromatic carbocycles. The molecule has 0 aliphatic carbocycles. The van der Waals surface area contributed by atoms with E-state index >= 15 is 0 Å². The normalized spacial score (nSPS) is 16.1. The number of nitrogens with zero attached hydrogens (tertiary/aromatic N) is 3. The summed E-state index contributed by atoms with van der Waals surface area (Å²) in [5.41, 5.74) is 8.01. The second kappa shape index (κ2) is 4.55. The van der Waals surface area contributed by atoms with Gasteiger partial charge in [0, 0.05) is 17.4 Å². The summed E-state index contributed by atoms with van der Waals surface area (Å²) in [6, 6.07) is 9.57. The molecule has 2 N–H and O–H groups in total. The van der Waals surface area contributed by atoms with E-state index in [1.54, 1.807) is 11.0 Å². The molecular weight excluding hydrogens is 264 g/mol. The summed E-state index contributed by atoms with van der Waals surface area (Å²) in [5, 5.41) is 0. The third kappa shape index (κ3) is 2.14. The fraction of sp³-hybridized carbons (Fsp3) is 0.312. The second-order valence-corrected chi connectivity index (χ2v) is 5.88. The largest absolute Gasteiger partial charge is 0.384 e. The highest BCUT2D eigenvalue weighted by molar-refractivity contribution is 6.07. The van der Waals surface area contributed by atoms with Crippen LogP contribution in [0.15, 0.2) is 30.3 Å². The highest BCUT2D eigenvalue weighted by Gasteiger charge is 2.43. The Morgan fingerprint density at radius 2 is 1.95 bits per heavy atom. The van der Waals surface area contributed by atoms with Crippen LogP contribution >= 0.6 is 0 Å². The Balaban J connectivity index is 2.01. The first kappa shape index (κ1) is 13.5. The molecule has 0 saturated heterocycles. The zero-order valence-corrected chi connectivity index (χ0v) is 12.4. The van der Waals surface area contributed by atoms with Crippen molar-refractivity contribution >= 4 is 17.4 Å². The van der Waals surface area contributed by atoms with E-state index in [0.717, 1.165) is 16.9 Å². The molecule has 2 aromatic rings. The first-order valence-electron chi connectivity index (χ1n) is 6.91. The third-order valence-corrected chi connectivity index (χ3v) is 3.87. The minimum atomic E-state index is -0.522. The number of carbonyl (C=O) groups excluding carboxylic acids is 1. The maximum Gasteiger partial charge on any atom is 0.237 e. The van der Waals surface area contributed by atoms with Crippen molar-refractivity contribution in [3.63, 3.8) is 0 Å². The monoisotopic (exact) mass is 282 g/mol. The van der Waals surface area contributed by atoms with Crippen LogP contribution in [0.5, 0.6) is 0 Å². The average molecular weight is 282 g/mol. The molecule has 0 fully saturated rings. The number of para-hydroxylation sites is 1. The Hall–Kier alpha value is -2.43. The number of rotatable bonds is 2. The molecule has 0 bridgehead atoms. The van der Waals surface area contributed by atoms with Crippen LogP contribution in [0.2, 0.25) is 0 Å². The summed E-state index contributed by atoms with van der Waals surface area (Å²) in [4.78, 5) is 23.0. The van der Waals surface area contributed by atoms with Crippen molar-refractivity contribution in [1.82, 2.24) is 9.97 Å². The maximum atomic E-state index is 12.7. The smallest absolute Gasteiger partial charge is 0.237 e. The van der Waals surface area contributed by atoms with E-state index in [2.05, 4.69) is 9.97 Å². The zero-order chi connectivity index (χ0) is 15.2. The zero-order valence-electron chi connectivity index (χ0n) is 12.4. The summed E-state index contributed by atoms with van der Waals surface area (Å²) >= 11 is 0. The number of fused-ring (bicyclic) bond motifs is 1. The van der Waals surface area contributed by atoms with Gasteiger partial charge in [-0.3, -0.25) is 4.79 Å². The van der Waals surface area contributed by atoms with Crippen LogP contribution in [-0.2, 0) is 16.8 Å². The number of benzene rings is 1. The summed E-state index contributed by atoms with van der Waals surface area (Å²) in [5.74, 6) is 1.05. The number of carbonyl (C=O) groups is 1. The molecule has 3 rings (SSSR count). The lowest BCUT2D eigenvalue weighted by atomic mass is 9.86. The first-order valence-corrected chi connectivity index (χ1v) is 6.91. The van der Waals surface area contributed by atoms with Crippen LogP contribution in [0.25, 0.3) is 0 Å². The molecule has 0 atom stereocenters. The Morgan fingerprint density at radius 1 is 1.24 bits per heavy atom. The van der Waals surface area contributed by atoms with E-state index in [1.165, 1.54) is 0 Å². The quantitative estimate of drug-likeness (QED) is 0.916. The molecule has 1 amide bonds. The summed E-state index contributed by atoms with van der Waals surface area (Å²) in [6.45, 7) is 6.09. The fourth-order valence-electron chi connectivity index (χ4n) is 2.82. The second-order valence-electron chi connectivity index (χ2n) is 5.88. The van der Waals surface area contributed by atoms with Crippen molar-refractivity contribution in [1.29, 1.82) is 0 Å². The predicted molar refractivity (Wildman–Crippen MR) is 81.8 cm³/mol. The Bertz CT molecular complexity index is 704. The Morgan fingerprint density at radius 3 is 2.67 bits per heavy atom. The van der Waals surface area contributed by atoms with E-state index in [4.69, 9.17) is 5.73 Å². The number of anilines is 2. The van der Waals surface area contributed by atoms with Gasteiger partial charge in [-0.25, -0.2) is 9.97 Å². The lowest BCUT2D eigenvalue weighted by Crippen LogP contribution is -2.36. The van der Waals surface area contributed by atoms with Gasteiger partial charge in [-0.1, -0.05) is 18.2 Å². The van der Waals surface area contributed by atoms with Crippen LogP contribution in [0.3, 0.4) is 0 Å². The average Bonchev–Trinajstić information content (AvgIpc) is 2.60. The molecular formula is C16H18N4O. The first-order chi connectivity index (χ1) is 9.89. The van der Waals surface area contributed by atoms with Crippen molar-refractivity contribution < 1.29 is 4.79 Å². The standard InChI is InChI=1S/C16H18N4O/c1-10-8-13(17)19-14(18-10)9-20-12-7-5-4-6-11(12)16(2,3)15(20)21/h4-8H,9H2,1-3H3,(H2,17,18,19). The minimum Gasteiger partial charge on any atom is -0.384 e. The van der Waals surface area contributed by atoms with Gasteiger partial charge in [0.25, 0.3) is 0 Å². The number of nitrogens with two attached hydrogens (primary N) is 1. The van der Waals surface area contributed by atoms with E-state index in [9.17, 15) is 4.79 Å². The fourth-order valence-corrected chi connectivity index (χ4v) is 2.82. The van der Waals surface area contributed by atoms with Gasteiger partial charge in [0.2, 0.25) is 5.91 Å². The van der Waals surface area contributed by atoms with Gasteiger partial charge < -0.3 is 10.6 Å². The number of nitrogen functional groups attached to an aromatic ring is 1. The van der Waals surface area contributed by atoms with Crippen molar-refractivity contribution in [2.45, 2.75) is 32.7 Å². The van der Waals surface area contributed by atoms with Gasteiger partial charge in [0.1, 0.15) is 5.82 Å². The number of hydrogen-bond acceptors (Lipinski definition) is 4. The van der Waals surface area contributed by atoms with Gasteiger partial charge in [0.15, 0.2) is 5.82 Å². The van der Waals surface area contributed by atoms with Crippen molar-refractivity contribution in [3.05, 3.63) is 47.4 Å². The molecule has 5 heteroatoms. The van der Waals surface area contributed by atoms with Gasteiger partial charge in [-0.15, -0.1) is 0 Å². The molecule has 2 heterocycles. The van der Waals surface area contributed by atoms with Crippen molar-refractivity contribution in [2.75, 3.05) is 10.6 Å². The SMILES string of the molecule is Cc1cc(N)nc(CN2C(=O)C(C)(C)c3ccccc32)n1. The molecule has 0 unspecified atom stereocenters. The van der Waals surface area contributed by atoms with Crippen molar-refractivity contribution in [2.24, 2.45) is 0 Å². The molecule has 0 spiro atoms. The molecule has 1 aliphatic rings. The Labute approximate surface area is 123 Å². The van der Waals surface area contributed by atoms with Gasteiger partial charge in [-0.2, -0.15) is 0 Å². The minimum absolute atomic E-state index is 0.0624. The highest BCUT2D eigenvalue weighted by Crippen LogP contribution is 2.41. The predicted octanol–water partition coefficient (Wildman–Crippen LogP) is 2.19. The third-order valence-electron chi connectivity index (χ3n) is 3.87. The van der Waals surface area contributed by atoms with Crippen LogP contribution in [0.1, 0.15) is 30.9 Å². The maximum absolute atomic E-state index is 12.7. The molecule has 1 aromatic heterocycles. The molecule has 21 heavy (non-hydrogen) atoms. The van der Waals surface area contributed by atoms with Gasteiger partial charge in [0.05, 0.1) is 12.0 Å². The molecule has 5 nitrogen and oxygen atoms in total. The number of hydrogen-bond donors (Lipinski definition) is 1. The molecule has 0 radical (unpaired) electrons. The molecule has 0 saturated carbocycles. The number of amides is 1. The summed E-state index contributed by atoms with van der Waals surface area (Å²) in [7, 11) is 0. The van der Waals surface area contributed by atoms with Crippen LogP contribution < -0.4 is 10.6 Å². The van der Waals surface area contributed by atoms with Gasteiger partial charge >= 0.3 is 0 Å². The van der Waals surface area contributed by atoms with Crippen molar-refractivity contribution in [3.8, 4) is 0 Å². The van der Waals surface area contributed by atoms with Crippen LogP contribution in [0, 0.1) is 6.92 Å². The lowest BCUT2D eigenvalue weighted by Gasteiger charge is -2.20. The highest BCUT2D eigenvalue weighted by atomic mass is 16.2. The molecule has 108 valence electrons. The van der Waals surface area contributed by atoms with Crippen LogP contribution in [0.4, 0.5) is 11.5 Å². The topological polar surface area (TPSA) is 72.1 Å². The van der Waals surface area contributed by atoms with Gasteiger partial charge in [-0.05, 0) is 32.4 Å². The summed E-state index contributed by atoms with van der Waals surface area (Å²) in [6.07, 6.45) is 0. The van der Waals surface area contributed by atoms with E-state index in [1.807, 2.05) is 45.0 Å². The number of aryl methyl sites for hydroxylation is 1. The molecule has 1 aliphatic heterocycles. The van der Waals surface area contributed by atoms with Crippen LogP contribution in [-0.4, -0.2) is 15.9 Å². The number of aromatic nitrogens is 2. The van der Waals surface area contributed by atoms with E-state index in [-0.39, 0.29) is 5.91 Å². The lowest BCUT2D eigenvalue weighted by molar-refractivity contribution is -0.122. The van der Waals surface area contributed by atoms with E-state index in [0.29, 0.717) is 18.2 Å². The summed E-state index contributed by atoms with van der Waals surface area (Å²) < 4.78 is 0. The van der Waals surface area contributed by atoms with E-state index < -0.39 is 5.41 Å².